The molecule has 0 radical (unpaired) electrons. The molecule has 0 spiro atoms. The number of aromatic amines is 1. The summed E-state index contributed by atoms with van der Waals surface area (Å²) in [5.41, 5.74) is 0.938. The minimum Gasteiger partial charge on any atom is -0.351 e. The van der Waals surface area contributed by atoms with Crippen molar-refractivity contribution in [3.63, 3.8) is 0 Å². The van der Waals surface area contributed by atoms with Crippen LogP contribution in [0.25, 0.3) is 11.4 Å². The zero-order chi connectivity index (χ0) is 18.8. The average molecular weight is 367 g/mol. The molecule has 7 heteroatoms. The molecule has 1 aromatic carbocycles. The second-order valence-electron chi connectivity index (χ2n) is 7.55. The van der Waals surface area contributed by atoms with E-state index in [0.29, 0.717) is 24.7 Å². The number of nitrogens with zero attached hydrogens (tertiary/aromatic N) is 3. The molecule has 2 fully saturated rings. The Balaban J connectivity index is 1.55. The molecule has 1 aliphatic carbocycles. The first-order valence-corrected chi connectivity index (χ1v) is 9.65. The van der Waals surface area contributed by atoms with E-state index >= 15 is 0 Å². The van der Waals surface area contributed by atoms with Crippen LogP contribution >= 0.6 is 0 Å². The molecule has 2 heterocycles. The summed E-state index contributed by atoms with van der Waals surface area (Å²) in [6.07, 6.45) is 4.22. The summed E-state index contributed by atoms with van der Waals surface area (Å²) in [5, 5.41) is 10.4. The SMILES string of the molecule is CC(=O)N[C@@H]1CN(C(=O)C2CCCC2)C[C@H]1c1nc(-c2ccccc2)n[nH]1. The highest BCUT2D eigenvalue weighted by Gasteiger charge is 2.40. The standard InChI is InChI=1S/C20H25N5O2/c1-13(26)21-17-12-25(20(27)15-9-5-6-10-15)11-16(17)19-22-18(23-24-19)14-7-3-2-4-8-14/h2-4,7-8,15-17H,5-6,9-12H2,1H3,(H,21,26)(H,22,23,24)/t16-,17-/m1/s1. The van der Waals surface area contributed by atoms with Crippen LogP contribution in [0.3, 0.4) is 0 Å². The molecule has 4 rings (SSSR count). The third-order valence-corrected chi connectivity index (χ3v) is 5.61. The van der Waals surface area contributed by atoms with E-state index in [1.807, 2.05) is 35.2 Å². The number of carbonyl (C=O) groups is 2. The lowest BCUT2D eigenvalue weighted by atomic mass is 10.0. The van der Waals surface area contributed by atoms with Gasteiger partial charge in [-0.1, -0.05) is 43.2 Å². The molecule has 2 aliphatic rings. The number of aromatic nitrogens is 3. The van der Waals surface area contributed by atoms with Gasteiger partial charge in [-0.15, -0.1) is 0 Å². The summed E-state index contributed by atoms with van der Waals surface area (Å²) in [4.78, 5) is 31.1. The fourth-order valence-electron chi connectivity index (χ4n) is 4.26. The van der Waals surface area contributed by atoms with Crippen molar-refractivity contribution in [2.75, 3.05) is 13.1 Å². The van der Waals surface area contributed by atoms with Crippen molar-refractivity contribution in [3.8, 4) is 11.4 Å². The van der Waals surface area contributed by atoms with Crippen molar-refractivity contribution in [1.82, 2.24) is 25.4 Å². The van der Waals surface area contributed by atoms with Gasteiger partial charge in [-0.2, -0.15) is 5.10 Å². The molecule has 2 aromatic rings. The number of likely N-dealkylation sites (tertiary alicyclic amines) is 1. The second-order valence-corrected chi connectivity index (χ2v) is 7.55. The molecule has 2 amide bonds. The highest BCUT2D eigenvalue weighted by Crippen LogP contribution is 2.32. The van der Waals surface area contributed by atoms with Gasteiger partial charge < -0.3 is 10.2 Å². The fourth-order valence-corrected chi connectivity index (χ4v) is 4.26. The van der Waals surface area contributed by atoms with Gasteiger partial charge in [0.15, 0.2) is 5.82 Å². The van der Waals surface area contributed by atoms with E-state index in [-0.39, 0.29) is 29.7 Å². The fraction of sp³-hybridized carbons (Fsp3) is 0.500. The first-order chi connectivity index (χ1) is 13.1. The van der Waals surface area contributed by atoms with E-state index in [9.17, 15) is 9.59 Å². The Hall–Kier alpha value is -2.70. The topological polar surface area (TPSA) is 91.0 Å². The van der Waals surface area contributed by atoms with Crippen LogP contribution in [0.2, 0.25) is 0 Å². The molecule has 142 valence electrons. The molecule has 1 aliphatic heterocycles. The molecule has 0 unspecified atom stereocenters. The van der Waals surface area contributed by atoms with Gasteiger partial charge in [-0.3, -0.25) is 14.7 Å². The van der Waals surface area contributed by atoms with Crippen molar-refractivity contribution in [2.45, 2.75) is 44.6 Å². The number of rotatable bonds is 4. The molecular weight excluding hydrogens is 342 g/mol. The smallest absolute Gasteiger partial charge is 0.225 e. The number of hydrogen-bond donors (Lipinski definition) is 2. The van der Waals surface area contributed by atoms with E-state index in [1.165, 1.54) is 6.92 Å². The van der Waals surface area contributed by atoms with Crippen LogP contribution in [0.15, 0.2) is 30.3 Å². The Morgan fingerprint density at radius 1 is 1.15 bits per heavy atom. The van der Waals surface area contributed by atoms with Crippen LogP contribution in [0.1, 0.15) is 44.3 Å². The second kappa shape index (κ2) is 7.50. The van der Waals surface area contributed by atoms with Gasteiger partial charge >= 0.3 is 0 Å². The molecule has 7 nitrogen and oxygen atoms in total. The van der Waals surface area contributed by atoms with Crippen molar-refractivity contribution < 1.29 is 9.59 Å². The zero-order valence-corrected chi connectivity index (χ0v) is 15.5. The summed E-state index contributed by atoms with van der Waals surface area (Å²) in [6, 6.07) is 9.62. The van der Waals surface area contributed by atoms with Gasteiger partial charge in [0.1, 0.15) is 5.82 Å². The predicted molar refractivity (Wildman–Crippen MR) is 101 cm³/mol. The monoisotopic (exact) mass is 367 g/mol. The number of H-pyrrole nitrogens is 1. The number of benzene rings is 1. The quantitative estimate of drug-likeness (QED) is 0.866. The van der Waals surface area contributed by atoms with E-state index in [1.54, 1.807) is 0 Å². The lowest BCUT2D eigenvalue weighted by molar-refractivity contribution is -0.134. The van der Waals surface area contributed by atoms with Crippen molar-refractivity contribution in [3.05, 3.63) is 36.2 Å². The van der Waals surface area contributed by atoms with Gasteiger partial charge in [0.25, 0.3) is 0 Å². The zero-order valence-electron chi connectivity index (χ0n) is 15.5. The number of nitrogens with one attached hydrogen (secondary N) is 2. The van der Waals surface area contributed by atoms with E-state index < -0.39 is 0 Å². The van der Waals surface area contributed by atoms with Crippen LogP contribution in [0.4, 0.5) is 0 Å². The molecule has 1 saturated heterocycles. The molecule has 1 aromatic heterocycles. The molecule has 1 saturated carbocycles. The predicted octanol–water partition coefficient (Wildman–Crippen LogP) is 2.09. The number of hydrogen-bond acceptors (Lipinski definition) is 4. The molecule has 2 N–H and O–H groups in total. The highest BCUT2D eigenvalue weighted by atomic mass is 16.2. The van der Waals surface area contributed by atoms with Gasteiger partial charge in [0.05, 0.1) is 12.0 Å². The molecular formula is C20H25N5O2. The first kappa shape index (κ1) is 17.7. The third kappa shape index (κ3) is 3.72. The number of amides is 2. The average Bonchev–Trinajstić information content (AvgIpc) is 3.41. The van der Waals surface area contributed by atoms with Crippen LogP contribution in [0, 0.1) is 5.92 Å². The largest absolute Gasteiger partial charge is 0.351 e. The minimum absolute atomic E-state index is 0.0794. The lowest BCUT2D eigenvalue weighted by Gasteiger charge is -2.20. The Morgan fingerprint density at radius 2 is 1.89 bits per heavy atom. The van der Waals surface area contributed by atoms with Gasteiger partial charge in [-0.25, -0.2) is 4.98 Å². The molecule has 27 heavy (non-hydrogen) atoms. The highest BCUT2D eigenvalue weighted by molar-refractivity contribution is 5.80. The van der Waals surface area contributed by atoms with Gasteiger partial charge in [0, 0.05) is 31.5 Å². The Bertz CT molecular complexity index is 813. The first-order valence-electron chi connectivity index (χ1n) is 9.65. The van der Waals surface area contributed by atoms with E-state index in [0.717, 1.165) is 31.2 Å². The number of carbonyl (C=O) groups excluding carboxylic acids is 2. The van der Waals surface area contributed by atoms with Gasteiger partial charge in [-0.05, 0) is 12.8 Å². The third-order valence-electron chi connectivity index (χ3n) is 5.61. The van der Waals surface area contributed by atoms with Crippen molar-refractivity contribution in [1.29, 1.82) is 0 Å². The summed E-state index contributed by atoms with van der Waals surface area (Å²) in [5.74, 6) is 1.53. The summed E-state index contributed by atoms with van der Waals surface area (Å²) < 4.78 is 0. The Labute approximate surface area is 158 Å². The maximum absolute atomic E-state index is 12.8. The van der Waals surface area contributed by atoms with Crippen LogP contribution in [-0.4, -0.2) is 51.0 Å². The summed E-state index contributed by atoms with van der Waals surface area (Å²) in [7, 11) is 0. The van der Waals surface area contributed by atoms with Crippen LogP contribution in [-0.2, 0) is 9.59 Å². The lowest BCUT2D eigenvalue weighted by Crippen LogP contribution is -2.40. The van der Waals surface area contributed by atoms with Crippen molar-refractivity contribution in [2.24, 2.45) is 5.92 Å². The summed E-state index contributed by atoms with van der Waals surface area (Å²) >= 11 is 0. The maximum Gasteiger partial charge on any atom is 0.225 e. The minimum atomic E-state index is -0.149. The Morgan fingerprint density at radius 3 is 2.59 bits per heavy atom. The van der Waals surface area contributed by atoms with Gasteiger partial charge in [0.2, 0.25) is 11.8 Å². The summed E-state index contributed by atoms with van der Waals surface area (Å²) in [6.45, 7) is 2.60. The molecule has 0 bridgehead atoms. The Kier molecular flexibility index (Phi) is 4.92. The maximum atomic E-state index is 12.8. The van der Waals surface area contributed by atoms with Crippen LogP contribution in [0.5, 0.6) is 0 Å². The van der Waals surface area contributed by atoms with E-state index in [4.69, 9.17) is 0 Å². The van der Waals surface area contributed by atoms with E-state index in [2.05, 4.69) is 20.5 Å². The molecule has 2 atom stereocenters. The normalized spacial score (nSPS) is 22.9. The van der Waals surface area contributed by atoms with Crippen molar-refractivity contribution >= 4 is 11.8 Å². The van der Waals surface area contributed by atoms with Crippen LogP contribution < -0.4 is 5.32 Å².